The molecule has 2 rings (SSSR count). The molecule has 0 N–H and O–H groups in total. The number of hydrogen-bond acceptors (Lipinski definition) is 7. The van der Waals surface area contributed by atoms with E-state index in [1.165, 1.54) is 6.20 Å². The first-order chi connectivity index (χ1) is 13.7. The molecule has 9 heteroatoms. The van der Waals surface area contributed by atoms with Gasteiger partial charge in [0.15, 0.2) is 0 Å². The summed E-state index contributed by atoms with van der Waals surface area (Å²) in [5.41, 5.74) is -0.650. The summed E-state index contributed by atoms with van der Waals surface area (Å²) in [6, 6.07) is 7.21. The van der Waals surface area contributed by atoms with Gasteiger partial charge in [0, 0.05) is 0 Å². The fraction of sp³-hybridized carbons (Fsp3) is 0.429. The highest BCUT2D eigenvalue weighted by molar-refractivity contribution is 9.10. The number of aromatic nitrogens is 2. The Hall–Kier alpha value is -2.68. The van der Waals surface area contributed by atoms with E-state index in [2.05, 4.69) is 25.9 Å². The quantitative estimate of drug-likeness (QED) is 0.531. The van der Waals surface area contributed by atoms with E-state index in [1.54, 1.807) is 53.7 Å². The molecule has 0 aliphatic heterocycles. The Morgan fingerprint density at radius 2 is 1.43 bits per heavy atom. The monoisotopic (exact) mass is 479 g/mol. The topological polar surface area (TPSA) is 90.9 Å². The molecule has 0 radical (unpaired) electrons. The first kappa shape index (κ1) is 23.6. The number of amides is 2. The Bertz CT molecular complexity index is 890. The minimum absolute atomic E-state index is 0.0649. The summed E-state index contributed by atoms with van der Waals surface area (Å²) < 4.78 is 17.0. The average Bonchev–Trinajstić information content (AvgIpc) is 2.56. The van der Waals surface area contributed by atoms with E-state index in [0.29, 0.717) is 15.3 Å². The van der Waals surface area contributed by atoms with E-state index in [0.717, 1.165) is 5.56 Å². The van der Waals surface area contributed by atoms with E-state index in [1.807, 2.05) is 19.1 Å². The van der Waals surface area contributed by atoms with Crippen LogP contribution in [0.4, 0.5) is 15.4 Å². The summed E-state index contributed by atoms with van der Waals surface area (Å²) in [6.07, 6.45) is -0.566. The molecule has 0 bridgehead atoms. The Balaban J connectivity index is 2.52. The molecule has 0 saturated heterocycles. The van der Waals surface area contributed by atoms with Gasteiger partial charge in [-0.1, -0.05) is 17.7 Å². The van der Waals surface area contributed by atoms with Gasteiger partial charge in [0.1, 0.15) is 21.6 Å². The van der Waals surface area contributed by atoms with Crippen molar-refractivity contribution in [1.82, 2.24) is 9.97 Å². The zero-order chi connectivity index (χ0) is 22.7. The standard InChI is InChI=1S/C21H26BrN3O5/c1-13-8-10-14(11-9-13)28-17-16(23-12-15(22)24-17)25(18(26)29-20(2,3)4)19(27)30-21(5,6)7/h8-12H,1-7H3. The van der Waals surface area contributed by atoms with Crippen molar-refractivity contribution in [2.24, 2.45) is 0 Å². The van der Waals surface area contributed by atoms with E-state index in [9.17, 15) is 9.59 Å². The second-order valence-electron chi connectivity index (χ2n) is 8.53. The smallest absolute Gasteiger partial charge is 0.425 e. The molecule has 2 amide bonds. The zero-order valence-electron chi connectivity index (χ0n) is 18.1. The van der Waals surface area contributed by atoms with Gasteiger partial charge in [-0.2, -0.15) is 4.90 Å². The lowest BCUT2D eigenvalue weighted by atomic mass is 10.2. The second-order valence-corrected chi connectivity index (χ2v) is 9.35. The fourth-order valence-electron chi connectivity index (χ4n) is 2.15. The van der Waals surface area contributed by atoms with Crippen molar-refractivity contribution in [1.29, 1.82) is 0 Å². The lowest BCUT2D eigenvalue weighted by Gasteiger charge is -2.28. The van der Waals surface area contributed by atoms with Gasteiger partial charge in [-0.15, -0.1) is 0 Å². The lowest BCUT2D eigenvalue weighted by Crippen LogP contribution is -2.44. The average molecular weight is 480 g/mol. The molecule has 0 aliphatic rings. The number of aryl methyl sites for hydroxylation is 1. The van der Waals surface area contributed by atoms with Crippen molar-refractivity contribution in [3.05, 3.63) is 40.6 Å². The summed E-state index contributed by atoms with van der Waals surface area (Å²) in [5, 5.41) is 0. The molecule has 2 aromatic rings. The van der Waals surface area contributed by atoms with Crippen molar-refractivity contribution in [3.63, 3.8) is 0 Å². The number of carbonyl (C=O) groups is 2. The van der Waals surface area contributed by atoms with Crippen molar-refractivity contribution in [2.75, 3.05) is 4.90 Å². The molecule has 30 heavy (non-hydrogen) atoms. The van der Waals surface area contributed by atoms with Crippen LogP contribution >= 0.6 is 15.9 Å². The summed E-state index contributed by atoms with van der Waals surface area (Å²) in [5.74, 6) is 0.245. The summed E-state index contributed by atoms with van der Waals surface area (Å²) in [7, 11) is 0. The maximum absolute atomic E-state index is 12.9. The lowest BCUT2D eigenvalue weighted by molar-refractivity contribution is 0.0427. The molecule has 0 atom stereocenters. The Labute approximate surface area is 184 Å². The molecule has 1 aromatic heterocycles. The zero-order valence-corrected chi connectivity index (χ0v) is 19.7. The van der Waals surface area contributed by atoms with E-state index >= 15 is 0 Å². The summed E-state index contributed by atoms with van der Waals surface area (Å²) in [4.78, 5) is 34.9. The first-order valence-electron chi connectivity index (χ1n) is 9.28. The summed E-state index contributed by atoms with van der Waals surface area (Å²) in [6.45, 7) is 12.1. The number of benzene rings is 1. The van der Waals surface area contributed by atoms with Gasteiger partial charge in [-0.3, -0.25) is 0 Å². The third-order valence-corrected chi connectivity index (χ3v) is 3.67. The van der Waals surface area contributed by atoms with Crippen molar-refractivity contribution < 1.29 is 23.8 Å². The first-order valence-corrected chi connectivity index (χ1v) is 10.1. The Morgan fingerprint density at radius 3 is 1.90 bits per heavy atom. The van der Waals surface area contributed by atoms with Crippen LogP contribution in [0.5, 0.6) is 11.6 Å². The SMILES string of the molecule is Cc1ccc(Oc2nc(Br)cnc2N(C(=O)OC(C)(C)C)C(=O)OC(C)(C)C)cc1. The molecule has 0 fully saturated rings. The van der Waals surface area contributed by atoms with Crippen LogP contribution in [0.1, 0.15) is 47.1 Å². The molecule has 0 unspecified atom stereocenters. The van der Waals surface area contributed by atoms with Crippen LogP contribution < -0.4 is 9.64 Å². The number of anilines is 1. The van der Waals surface area contributed by atoms with Gasteiger partial charge >= 0.3 is 12.2 Å². The minimum Gasteiger partial charge on any atom is -0.443 e. The molecule has 1 heterocycles. The number of carbonyl (C=O) groups excluding carboxylic acids is 2. The molecule has 1 aromatic carbocycles. The highest BCUT2D eigenvalue weighted by Gasteiger charge is 2.36. The maximum atomic E-state index is 12.9. The molecular formula is C21H26BrN3O5. The Kier molecular flexibility index (Phi) is 7.07. The third kappa shape index (κ3) is 6.98. The van der Waals surface area contributed by atoms with Gasteiger partial charge in [0.05, 0.1) is 6.20 Å². The summed E-state index contributed by atoms with van der Waals surface area (Å²) >= 11 is 3.24. The fourth-order valence-corrected chi connectivity index (χ4v) is 2.41. The van der Waals surface area contributed by atoms with Crippen molar-refractivity contribution in [2.45, 2.75) is 59.7 Å². The van der Waals surface area contributed by atoms with E-state index in [-0.39, 0.29) is 11.7 Å². The number of rotatable bonds is 3. The molecule has 0 spiro atoms. The number of ether oxygens (including phenoxy) is 3. The highest BCUT2D eigenvalue weighted by atomic mass is 79.9. The molecular weight excluding hydrogens is 454 g/mol. The van der Waals surface area contributed by atoms with Crippen LogP contribution in [0.2, 0.25) is 0 Å². The van der Waals surface area contributed by atoms with Crippen molar-refractivity contribution in [3.8, 4) is 11.6 Å². The van der Waals surface area contributed by atoms with Gasteiger partial charge in [0.25, 0.3) is 5.88 Å². The largest absolute Gasteiger partial charge is 0.443 e. The van der Waals surface area contributed by atoms with Gasteiger partial charge < -0.3 is 14.2 Å². The van der Waals surface area contributed by atoms with Crippen molar-refractivity contribution >= 4 is 33.9 Å². The van der Waals surface area contributed by atoms with Gasteiger partial charge in [0.2, 0.25) is 5.82 Å². The van der Waals surface area contributed by atoms with Crippen LogP contribution in [0, 0.1) is 6.92 Å². The van der Waals surface area contributed by atoms with Gasteiger partial charge in [-0.25, -0.2) is 19.6 Å². The van der Waals surface area contributed by atoms with Crippen LogP contribution in [-0.2, 0) is 9.47 Å². The number of nitrogens with zero attached hydrogens (tertiary/aromatic N) is 3. The molecule has 0 aliphatic carbocycles. The number of halogens is 1. The van der Waals surface area contributed by atoms with E-state index < -0.39 is 23.4 Å². The second kappa shape index (κ2) is 8.99. The van der Waals surface area contributed by atoms with E-state index in [4.69, 9.17) is 14.2 Å². The maximum Gasteiger partial charge on any atom is 0.425 e. The molecule has 162 valence electrons. The number of imide groups is 1. The predicted octanol–water partition coefficient (Wildman–Crippen LogP) is 6.02. The van der Waals surface area contributed by atoms with Crippen LogP contribution in [0.25, 0.3) is 0 Å². The highest BCUT2D eigenvalue weighted by Crippen LogP contribution is 2.32. The van der Waals surface area contributed by atoms with Crippen LogP contribution in [0.3, 0.4) is 0 Å². The number of hydrogen-bond donors (Lipinski definition) is 0. The van der Waals surface area contributed by atoms with Crippen LogP contribution in [-0.4, -0.2) is 33.4 Å². The third-order valence-electron chi connectivity index (χ3n) is 3.29. The van der Waals surface area contributed by atoms with Crippen LogP contribution in [0.15, 0.2) is 35.1 Å². The molecule has 8 nitrogen and oxygen atoms in total. The Morgan fingerprint density at radius 1 is 0.933 bits per heavy atom. The molecule has 0 saturated carbocycles. The predicted molar refractivity (Wildman–Crippen MR) is 116 cm³/mol. The minimum atomic E-state index is -0.956. The normalized spacial score (nSPS) is 11.6. The van der Waals surface area contributed by atoms with Gasteiger partial charge in [-0.05, 0) is 76.5 Å².